The Kier molecular flexibility index (Phi) is 10.3. The van der Waals surface area contributed by atoms with Crippen LogP contribution in [0, 0.1) is 5.92 Å². The Balaban J connectivity index is 1.99. The van der Waals surface area contributed by atoms with Crippen LogP contribution in [0.2, 0.25) is 0 Å². The maximum absolute atomic E-state index is 11.9. The van der Waals surface area contributed by atoms with E-state index in [1.54, 1.807) is 6.07 Å². The Morgan fingerprint density at radius 1 is 0.727 bits per heavy atom. The Labute approximate surface area is 197 Å². The molecule has 0 atom stereocenters. The molecule has 0 aliphatic rings. The summed E-state index contributed by atoms with van der Waals surface area (Å²) in [6.07, 6.45) is 9.94. The van der Waals surface area contributed by atoms with Crippen molar-refractivity contribution in [2.45, 2.75) is 81.4 Å². The smallest absolute Gasteiger partial charge is 0.298 e. The number of benzene rings is 2. The fourth-order valence-corrected chi connectivity index (χ4v) is 4.90. The lowest BCUT2D eigenvalue weighted by molar-refractivity contribution is 0.434. The highest BCUT2D eigenvalue weighted by atomic mass is 32.2. The summed E-state index contributed by atoms with van der Waals surface area (Å²) in [5.41, 5.74) is 0.731. The van der Waals surface area contributed by atoms with Gasteiger partial charge < -0.3 is 4.74 Å². The van der Waals surface area contributed by atoms with Gasteiger partial charge in [-0.1, -0.05) is 77.0 Å². The summed E-state index contributed by atoms with van der Waals surface area (Å²) < 4.78 is 71.5. The molecule has 7 nitrogen and oxygen atoms in total. The van der Waals surface area contributed by atoms with E-state index >= 15 is 0 Å². The SMILES string of the molecule is CC(C)CCCCCCCCCc1ccc(Oc2ccccc2S(=O)(=O)O)c(S(=O)(=O)O)c1. The highest BCUT2D eigenvalue weighted by Crippen LogP contribution is 2.33. The van der Waals surface area contributed by atoms with Crippen LogP contribution in [0.5, 0.6) is 11.5 Å². The number of ether oxygens (including phenoxy) is 1. The maximum Gasteiger partial charge on any atom is 0.298 e. The van der Waals surface area contributed by atoms with Gasteiger partial charge in [0.05, 0.1) is 0 Å². The summed E-state index contributed by atoms with van der Waals surface area (Å²) >= 11 is 0. The molecule has 0 radical (unpaired) electrons. The van der Waals surface area contributed by atoms with Gasteiger partial charge in [0.2, 0.25) is 0 Å². The first kappa shape index (κ1) is 27.3. The van der Waals surface area contributed by atoms with Crippen molar-refractivity contribution in [2.75, 3.05) is 0 Å². The van der Waals surface area contributed by atoms with Crippen LogP contribution in [0.25, 0.3) is 0 Å². The summed E-state index contributed by atoms with van der Waals surface area (Å²) in [6.45, 7) is 4.48. The number of aryl methyl sites for hydroxylation is 1. The third-order valence-corrected chi connectivity index (χ3v) is 7.15. The lowest BCUT2D eigenvalue weighted by Gasteiger charge is -2.13. The van der Waals surface area contributed by atoms with Crippen molar-refractivity contribution in [3.8, 4) is 11.5 Å². The molecule has 0 bridgehead atoms. The Bertz CT molecular complexity index is 1110. The normalized spacial score (nSPS) is 12.3. The fraction of sp³-hybridized carbons (Fsp3) is 0.500. The lowest BCUT2D eigenvalue weighted by atomic mass is 10.0. The minimum atomic E-state index is -4.62. The molecule has 33 heavy (non-hydrogen) atoms. The van der Waals surface area contributed by atoms with E-state index in [1.807, 2.05) is 0 Å². The molecule has 0 saturated carbocycles. The molecular weight excluding hydrogens is 464 g/mol. The predicted octanol–water partition coefficient (Wildman–Crippen LogP) is 6.29. The van der Waals surface area contributed by atoms with Crippen molar-refractivity contribution < 1.29 is 30.7 Å². The first-order chi connectivity index (χ1) is 15.5. The summed E-state index contributed by atoms with van der Waals surface area (Å²) in [5.74, 6) is 0.289. The molecule has 2 rings (SSSR count). The summed E-state index contributed by atoms with van der Waals surface area (Å²) in [4.78, 5) is -0.949. The first-order valence-corrected chi connectivity index (χ1v) is 14.2. The average Bonchev–Trinajstić information content (AvgIpc) is 2.72. The van der Waals surface area contributed by atoms with Crippen LogP contribution < -0.4 is 4.74 Å². The molecule has 0 saturated heterocycles. The van der Waals surface area contributed by atoms with Gasteiger partial charge in [0.1, 0.15) is 21.3 Å². The number of para-hydroxylation sites is 1. The minimum absolute atomic E-state index is 0.223. The van der Waals surface area contributed by atoms with Crippen molar-refractivity contribution in [3.63, 3.8) is 0 Å². The van der Waals surface area contributed by atoms with E-state index in [1.165, 1.54) is 62.4 Å². The van der Waals surface area contributed by atoms with Gasteiger partial charge in [-0.3, -0.25) is 9.11 Å². The van der Waals surface area contributed by atoms with Crippen LogP contribution in [0.15, 0.2) is 52.3 Å². The second kappa shape index (κ2) is 12.5. The molecule has 0 aliphatic carbocycles. The Morgan fingerprint density at radius 3 is 1.88 bits per heavy atom. The molecule has 0 aromatic heterocycles. The number of hydrogen-bond donors (Lipinski definition) is 2. The Hall–Kier alpha value is -1.94. The first-order valence-electron chi connectivity index (χ1n) is 11.3. The predicted molar refractivity (Wildman–Crippen MR) is 128 cm³/mol. The summed E-state index contributed by atoms with van der Waals surface area (Å²) in [7, 11) is -9.19. The second-order valence-corrected chi connectivity index (χ2v) is 11.5. The quantitative estimate of drug-likeness (QED) is 0.232. The number of rotatable bonds is 14. The molecular formula is C24H34O7S2. The summed E-state index contributed by atoms with van der Waals surface area (Å²) in [5, 5.41) is 0. The van der Waals surface area contributed by atoms with Crippen LogP contribution in [-0.2, 0) is 26.7 Å². The zero-order valence-corrected chi connectivity index (χ0v) is 20.9. The van der Waals surface area contributed by atoms with Gasteiger partial charge in [-0.05, 0) is 48.6 Å². The van der Waals surface area contributed by atoms with Gasteiger partial charge in [-0.15, -0.1) is 0 Å². The van der Waals surface area contributed by atoms with Gasteiger partial charge in [-0.2, -0.15) is 16.8 Å². The molecule has 0 heterocycles. The lowest BCUT2D eigenvalue weighted by Crippen LogP contribution is -2.05. The molecule has 0 aliphatic heterocycles. The topological polar surface area (TPSA) is 118 Å². The van der Waals surface area contributed by atoms with E-state index in [2.05, 4.69) is 13.8 Å². The van der Waals surface area contributed by atoms with E-state index in [9.17, 15) is 25.9 Å². The van der Waals surface area contributed by atoms with E-state index in [0.717, 1.165) is 36.8 Å². The van der Waals surface area contributed by atoms with Gasteiger partial charge in [0.25, 0.3) is 20.2 Å². The molecule has 9 heteroatoms. The van der Waals surface area contributed by atoms with Crippen LogP contribution in [0.4, 0.5) is 0 Å². The van der Waals surface area contributed by atoms with Crippen LogP contribution >= 0.6 is 0 Å². The number of hydrogen-bond acceptors (Lipinski definition) is 5. The van der Waals surface area contributed by atoms with Gasteiger partial charge in [-0.25, -0.2) is 0 Å². The van der Waals surface area contributed by atoms with E-state index in [4.69, 9.17) is 4.74 Å². The molecule has 0 unspecified atom stereocenters. The molecule has 184 valence electrons. The standard InChI is InChI=1S/C24H34O7S2/c1-19(2)12-8-6-4-3-5-7-9-13-20-16-17-22(24(18-20)33(28,29)30)31-21-14-10-11-15-23(21)32(25,26)27/h10-11,14-19H,3-9,12-13H2,1-2H3,(H,25,26,27)(H,28,29,30). The molecule has 0 spiro atoms. The van der Waals surface area contributed by atoms with Crippen LogP contribution in [0.3, 0.4) is 0 Å². The zero-order valence-electron chi connectivity index (χ0n) is 19.2. The Morgan fingerprint density at radius 2 is 1.27 bits per heavy atom. The fourth-order valence-electron chi connectivity index (χ4n) is 3.63. The number of unbranched alkanes of at least 4 members (excludes halogenated alkanes) is 6. The van der Waals surface area contributed by atoms with E-state index < -0.39 is 30.0 Å². The van der Waals surface area contributed by atoms with Crippen LogP contribution in [-0.4, -0.2) is 25.9 Å². The highest BCUT2D eigenvalue weighted by Gasteiger charge is 2.22. The molecule has 2 aromatic carbocycles. The van der Waals surface area contributed by atoms with Gasteiger partial charge in [0.15, 0.2) is 0 Å². The van der Waals surface area contributed by atoms with Gasteiger partial charge >= 0.3 is 0 Å². The van der Waals surface area contributed by atoms with Crippen molar-refractivity contribution >= 4 is 20.2 Å². The van der Waals surface area contributed by atoms with Crippen molar-refractivity contribution in [1.29, 1.82) is 0 Å². The average molecular weight is 499 g/mol. The van der Waals surface area contributed by atoms with Crippen LogP contribution in [0.1, 0.15) is 70.8 Å². The van der Waals surface area contributed by atoms with Crippen molar-refractivity contribution in [3.05, 3.63) is 48.0 Å². The van der Waals surface area contributed by atoms with Crippen molar-refractivity contribution in [1.82, 2.24) is 0 Å². The highest BCUT2D eigenvalue weighted by molar-refractivity contribution is 7.86. The largest absolute Gasteiger partial charge is 0.454 e. The van der Waals surface area contributed by atoms with Crippen molar-refractivity contribution in [2.24, 2.45) is 5.92 Å². The third kappa shape index (κ3) is 9.44. The summed E-state index contributed by atoms with van der Waals surface area (Å²) in [6, 6.07) is 9.71. The molecule has 2 N–H and O–H groups in total. The monoisotopic (exact) mass is 498 g/mol. The third-order valence-electron chi connectivity index (χ3n) is 5.38. The second-order valence-electron chi connectivity index (χ2n) is 8.69. The zero-order chi connectivity index (χ0) is 24.5. The van der Waals surface area contributed by atoms with Gasteiger partial charge in [0, 0.05) is 0 Å². The van der Waals surface area contributed by atoms with E-state index in [0.29, 0.717) is 6.42 Å². The van der Waals surface area contributed by atoms with E-state index in [-0.39, 0.29) is 11.5 Å². The molecule has 0 fully saturated rings. The molecule has 2 aromatic rings. The molecule has 0 amide bonds. The minimum Gasteiger partial charge on any atom is -0.454 e. The maximum atomic E-state index is 11.9.